The predicted octanol–water partition coefficient (Wildman–Crippen LogP) is 1.51. The number of aliphatic carboxylic acids is 1. The van der Waals surface area contributed by atoms with E-state index in [9.17, 15) is 9.59 Å². The van der Waals surface area contributed by atoms with Crippen LogP contribution in [0.4, 0.5) is 0 Å². The van der Waals surface area contributed by atoms with Gasteiger partial charge in [-0.2, -0.15) is 0 Å². The maximum absolute atomic E-state index is 12.2. The van der Waals surface area contributed by atoms with Crippen LogP contribution in [0.3, 0.4) is 0 Å². The second-order valence-corrected chi connectivity index (χ2v) is 7.09. The van der Waals surface area contributed by atoms with Crippen molar-refractivity contribution < 1.29 is 14.7 Å². The van der Waals surface area contributed by atoms with E-state index in [0.29, 0.717) is 6.42 Å². The van der Waals surface area contributed by atoms with Crippen molar-refractivity contribution in [1.82, 2.24) is 5.32 Å². The third kappa shape index (κ3) is 5.19. The Morgan fingerprint density at radius 1 is 1.32 bits per heavy atom. The molecule has 1 rings (SSSR count). The highest BCUT2D eigenvalue weighted by Crippen LogP contribution is 2.38. The third-order valence-corrected chi connectivity index (χ3v) is 3.53. The molecular formula is C14H26N2O3. The zero-order valence-electron chi connectivity index (χ0n) is 12.3. The molecule has 1 fully saturated rings. The molecule has 2 atom stereocenters. The minimum absolute atomic E-state index is 0.0437. The Balaban J connectivity index is 2.65. The van der Waals surface area contributed by atoms with Crippen molar-refractivity contribution >= 4 is 11.9 Å². The second-order valence-electron chi connectivity index (χ2n) is 7.09. The third-order valence-electron chi connectivity index (χ3n) is 3.53. The van der Waals surface area contributed by atoms with Gasteiger partial charge in [0.05, 0.1) is 12.0 Å². The van der Waals surface area contributed by atoms with Crippen LogP contribution in [-0.4, -0.2) is 28.6 Å². The van der Waals surface area contributed by atoms with E-state index in [1.807, 2.05) is 20.8 Å². The molecule has 0 heterocycles. The van der Waals surface area contributed by atoms with Gasteiger partial charge in [-0.3, -0.25) is 9.59 Å². The summed E-state index contributed by atoms with van der Waals surface area (Å²) in [4.78, 5) is 23.1. The molecule has 1 aliphatic carbocycles. The topological polar surface area (TPSA) is 92.4 Å². The van der Waals surface area contributed by atoms with Crippen molar-refractivity contribution in [3.8, 4) is 0 Å². The van der Waals surface area contributed by atoms with Gasteiger partial charge in [0.25, 0.3) is 0 Å². The molecule has 0 spiro atoms. The summed E-state index contributed by atoms with van der Waals surface area (Å²) in [5, 5.41) is 11.8. The molecule has 0 saturated heterocycles. The van der Waals surface area contributed by atoms with Crippen LogP contribution >= 0.6 is 0 Å². The number of carboxylic acid groups (broad SMARTS) is 1. The Bertz CT molecular complexity index is 354. The SMILES string of the molecule is CC(C)(C)CC(CC(=O)O)NC(=O)C(C)(N)C1CC1. The van der Waals surface area contributed by atoms with E-state index < -0.39 is 11.5 Å². The lowest BCUT2D eigenvalue weighted by molar-refractivity contribution is -0.138. The molecule has 2 unspecified atom stereocenters. The number of hydrogen-bond donors (Lipinski definition) is 3. The van der Waals surface area contributed by atoms with Crippen molar-refractivity contribution in [2.45, 2.75) is 65.0 Å². The second kappa shape index (κ2) is 5.49. The summed E-state index contributed by atoms with van der Waals surface area (Å²) >= 11 is 0. The van der Waals surface area contributed by atoms with Gasteiger partial charge in [0.1, 0.15) is 0 Å². The predicted molar refractivity (Wildman–Crippen MR) is 73.6 cm³/mol. The average molecular weight is 270 g/mol. The summed E-state index contributed by atoms with van der Waals surface area (Å²) in [5.74, 6) is -0.905. The van der Waals surface area contributed by atoms with Crippen LogP contribution in [0.5, 0.6) is 0 Å². The molecule has 0 aromatic carbocycles. The molecule has 4 N–H and O–H groups in total. The largest absolute Gasteiger partial charge is 0.481 e. The van der Waals surface area contributed by atoms with E-state index >= 15 is 0 Å². The van der Waals surface area contributed by atoms with Crippen LogP contribution in [0.1, 0.15) is 53.4 Å². The maximum Gasteiger partial charge on any atom is 0.305 e. The minimum atomic E-state index is -0.903. The standard InChI is InChI=1S/C14H26N2O3/c1-13(2,3)8-10(7-11(17)18)16-12(19)14(4,15)9-5-6-9/h9-10H,5-8,15H2,1-4H3,(H,16,19)(H,17,18). The summed E-state index contributed by atoms with van der Waals surface area (Å²) in [6, 6.07) is -0.369. The first-order chi connectivity index (χ1) is 8.52. The van der Waals surface area contributed by atoms with Crippen molar-refractivity contribution in [3.05, 3.63) is 0 Å². The van der Waals surface area contributed by atoms with Gasteiger partial charge >= 0.3 is 5.97 Å². The Kier molecular flexibility index (Phi) is 4.61. The number of carbonyl (C=O) groups is 2. The molecule has 1 amide bonds. The minimum Gasteiger partial charge on any atom is -0.481 e. The molecule has 5 nitrogen and oxygen atoms in total. The fourth-order valence-corrected chi connectivity index (χ4v) is 2.33. The van der Waals surface area contributed by atoms with Crippen LogP contribution in [0, 0.1) is 11.3 Å². The van der Waals surface area contributed by atoms with Crippen molar-refractivity contribution in [3.63, 3.8) is 0 Å². The Morgan fingerprint density at radius 3 is 2.21 bits per heavy atom. The normalized spacial score (nSPS) is 20.5. The van der Waals surface area contributed by atoms with Crippen molar-refractivity contribution in [2.24, 2.45) is 17.1 Å². The van der Waals surface area contributed by atoms with Gasteiger partial charge in [-0.25, -0.2) is 0 Å². The lowest BCUT2D eigenvalue weighted by Crippen LogP contribution is -2.56. The highest BCUT2D eigenvalue weighted by molar-refractivity contribution is 5.87. The lowest BCUT2D eigenvalue weighted by atomic mass is 9.86. The fraction of sp³-hybridized carbons (Fsp3) is 0.857. The summed E-state index contributed by atoms with van der Waals surface area (Å²) in [6.45, 7) is 7.80. The van der Waals surface area contributed by atoms with Crippen LogP contribution < -0.4 is 11.1 Å². The molecule has 0 bridgehead atoms. The number of nitrogens with two attached hydrogens (primary N) is 1. The van der Waals surface area contributed by atoms with E-state index in [-0.39, 0.29) is 29.7 Å². The van der Waals surface area contributed by atoms with E-state index in [2.05, 4.69) is 5.32 Å². The molecule has 110 valence electrons. The highest BCUT2D eigenvalue weighted by atomic mass is 16.4. The molecule has 0 aromatic heterocycles. The first-order valence-electron chi connectivity index (χ1n) is 6.84. The summed E-state index contributed by atoms with van der Waals surface area (Å²) in [7, 11) is 0. The van der Waals surface area contributed by atoms with Gasteiger partial charge in [-0.15, -0.1) is 0 Å². The first kappa shape index (κ1) is 16.0. The summed E-state index contributed by atoms with van der Waals surface area (Å²) < 4.78 is 0. The number of rotatable bonds is 6. The fourth-order valence-electron chi connectivity index (χ4n) is 2.33. The molecule has 19 heavy (non-hydrogen) atoms. The molecule has 0 radical (unpaired) electrons. The molecule has 0 aliphatic heterocycles. The maximum atomic E-state index is 12.2. The number of amides is 1. The Hall–Kier alpha value is -1.10. The number of carboxylic acids is 1. The Labute approximate surface area is 114 Å². The Morgan fingerprint density at radius 2 is 1.84 bits per heavy atom. The van der Waals surface area contributed by atoms with E-state index in [4.69, 9.17) is 10.8 Å². The van der Waals surface area contributed by atoms with Crippen molar-refractivity contribution in [2.75, 3.05) is 0 Å². The summed E-state index contributed by atoms with van der Waals surface area (Å²) in [5.41, 5.74) is 5.12. The van der Waals surface area contributed by atoms with Crippen molar-refractivity contribution in [1.29, 1.82) is 0 Å². The number of hydrogen-bond acceptors (Lipinski definition) is 3. The van der Waals surface area contributed by atoms with E-state index in [1.165, 1.54) is 0 Å². The first-order valence-corrected chi connectivity index (χ1v) is 6.84. The van der Waals surface area contributed by atoms with Gasteiger partial charge in [-0.05, 0) is 37.5 Å². The summed E-state index contributed by atoms with van der Waals surface area (Å²) in [6.07, 6.45) is 2.50. The van der Waals surface area contributed by atoms with E-state index in [0.717, 1.165) is 12.8 Å². The quantitative estimate of drug-likeness (QED) is 0.682. The molecule has 1 aliphatic rings. The van der Waals surface area contributed by atoms with Gasteiger partial charge in [0.15, 0.2) is 0 Å². The molecule has 1 saturated carbocycles. The molecule has 0 aromatic rings. The van der Waals surface area contributed by atoms with Crippen LogP contribution in [0.25, 0.3) is 0 Å². The van der Waals surface area contributed by atoms with Crippen LogP contribution in [0.15, 0.2) is 0 Å². The van der Waals surface area contributed by atoms with Gasteiger partial charge in [0.2, 0.25) is 5.91 Å². The van der Waals surface area contributed by atoms with Crippen LogP contribution in [0.2, 0.25) is 0 Å². The molecular weight excluding hydrogens is 244 g/mol. The van der Waals surface area contributed by atoms with Crippen LogP contribution in [-0.2, 0) is 9.59 Å². The van der Waals surface area contributed by atoms with Gasteiger partial charge in [0, 0.05) is 6.04 Å². The number of carbonyl (C=O) groups excluding carboxylic acids is 1. The van der Waals surface area contributed by atoms with E-state index in [1.54, 1.807) is 6.92 Å². The molecule has 5 heteroatoms. The lowest BCUT2D eigenvalue weighted by Gasteiger charge is -2.30. The zero-order chi connectivity index (χ0) is 14.8. The van der Waals surface area contributed by atoms with Gasteiger partial charge in [-0.1, -0.05) is 20.8 Å². The zero-order valence-corrected chi connectivity index (χ0v) is 12.3. The number of nitrogens with one attached hydrogen (secondary N) is 1. The monoisotopic (exact) mass is 270 g/mol. The smallest absolute Gasteiger partial charge is 0.305 e. The average Bonchev–Trinajstić information content (AvgIpc) is 2.95. The highest BCUT2D eigenvalue weighted by Gasteiger charge is 2.44. The van der Waals surface area contributed by atoms with Gasteiger partial charge < -0.3 is 16.2 Å².